The van der Waals surface area contributed by atoms with Gasteiger partial charge in [0.05, 0.1) is 13.6 Å². The highest BCUT2D eigenvalue weighted by atomic mass is 79.9. The van der Waals surface area contributed by atoms with E-state index in [1.807, 2.05) is 19.2 Å². The maximum Gasteiger partial charge on any atom is 0.169 e. The Bertz CT molecular complexity index is 494. The molecule has 6 heteroatoms. The third kappa shape index (κ3) is 2.61. The monoisotopic (exact) mass is 427 g/mol. The molecule has 2 heterocycles. The number of halogens is 3. The van der Waals surface area contributed by atoms with Crippen LogP contribution in [0.5, 0.6) is 0 Å². The van der Waals surface area contributed by atoms with Gasteiger partial charge in [0.1, 0.15) is 5.76 Å². The van der Waals surface area contributed by atoms with Crippen LogP contribution in [0.3, 0.4) is 0 Å². The molecule has 0 aromatic carbocycles. The number of hydrogen-bond donors (Lipinski definition) is 1. The van der Waals surface area contributed by atoms with Crippen LogP contribution in [-0.4, -0.2) is 7.05 Å². The second-order valence-electron chi connectivity index (χ2n) is 3.14. The van der Waals surface area contributed by atoms with Crippen molar-refractivity contribution in [2.45, 2.75) is 6.04 Å². The Morgan fingerprint density at radius 1 is 1.31 bits per heavy atom. The Hall–Kier alpha value is 0.380. The maximum absolute atomic E-state index is 5.58. The molecule has 86 valence electrons. The zero-order chi connectivity index (χ0) is 11.7. The molecule has 0 spiro atoms. The second kappa shape index (κ2) is 5.35. The number of nitrogens with one attached hydrogen (secondary N) is 1. The molecule has 1 unspecified atom stereocenters. The molecule has 1 atom stereocenters. The summed E-state index contributed by atoms with van der Waals surface area (Å²) in [4.78, 5) is 0. The molecule has 2 rings (SSSR count). The molecule has 0 saturated heterocycles. The minimum atomic E-state index is 0.0585. The molecular weight excluding hydrogens is 422 g/mol. The van der Waals surface area contributed by atoms with E-state index in [1.54, 1.807) is 11.3 Å². The first-order chi connectivity index (χ1) is 7.61. The fraction of sp³-hybridized carbons (Fsp3) is 0.200. The fourth-order valence-corrected chi connectivity index (χ4v) is 4.71. The Kier molecular flexibility index (Phi) is 4.29. The molecular formula is C10H8Br3NOS. The molecule has 0 amide bonds. The van der Waals surface area contributed by atoms with Crippen LogP contribution in [0.4, 0.5) is 0 Å². The number of thiophene rings is 1. The van der Waals surface area contributed by atoms with Crippen molar-refractivity contribution in [3.63, 3.8) is 0 Å². The van der Waals surface area contributed by atoms with Crippen LogP contribution in [0.2, 0.25) is 0 Å². The zero-order valence-electron chi connectivity index (χ0n) is 8.26. The summed E-state index contributed by atoms with van der Waals surface area (Å²) in [6.07, 6.45) is 0. The van der Waals surface area contributed by atoms with E-state index < -0.39 is 0 Å². The number of furan rings is 1. The highest BCUT2D eigenvalue weighted by Crippen LogP contribution is 2.38. The molecule has 0 saturated carbocycles. The van der Waals surface area contributed by atoms with Gasteiger partial charge in [0.25, 0.3) is 0 Å². The smallest absolute Gasteiger partial charge is 0.169 e. The lowest BCUT2D eigenvalue weighted by molar-refractivity contribution is 0.447. The summed E-state index contributed by atoms with van der Waals surface area (Å²) in [6, 6.07) is 6.01. The highest BCUT2D eigenvalue weighted by Gasteiger charge is 2.20. The van der Waals surface area contributed by atoms with Gasteiger partial charge in [-0.3, -0.25) is 0 Å². The van der Waals surface area contributed by atoms with Crippen molar-refractivity contribution in [2.75, 3.05) is 7.05 Å². The van der Waals surface area contributed by atoms with Crippen molar-refractivity contribution in [3.05, 3.63) is 41.8 Å². The SMILES string of the molecule is CNC(c1ccc(Br)o1)c1cc(Br)sc1Br. The third-order valence-corrected chi connectivity index (χ3v) is 4.97. The van der Waals surface area contributed by atoms with Gasteiger partial charge in [-0.05, 0) is 73.0 Å². The van der Waals surface area contributed by atoms with Crippen LogP contribution in [0.25, 0.3) is 0 Å². The van der Waals surface area contributed by atoms with Gasteiger partial charge in [0.15, 0.2) is 4.67 Å². The van der Waals surface area contributed by atoms with Crippen molar-refractivity contribution in [3.8, 4) is 0 Å². The second-order valence-corrected chi connectivity index (χ2v) is 7.67. The van der Waals surface area contributed by atoms with Crippen LogP contribution >= 0.6 is 59.1 Å². The fourth-order valence-electron chi connectivity index (χ4n) is 1.48. The zero-order valence-corrected chi connectivity index (χ0v) is 13.8. The molecule has 0 bridgehead atoms. The molecule has 0 aliphatic carbocycles. The summed E-state index contributed by atoms with van der Waals surface area (Å²) < 4.78 is 8.52. The summed E-state index contributed by atoms with van der Waals surface area (Å²) >= 11 is 12.0. The standard InChI is InChI=1S/C10H8Br3NOS/c1-14-9(6-2-3-7(11)15-6)5-4-8(12)16-10(5)13/h2-4,9,14H,1H3. The van der Waals surface area contributed by atoms with E-state index in [4.69, 9.17) is 4.42 Å². The van der Waals surface area contributed by atoms with Gasteiger partial charge in [-0.15, -0.1) is 11.3 Å². The van der Waals surface area contributed by atoms with E-state index in [-0.39, 0.29) is 6.04 Å². The normalized spacial score (nSPS) is 13.0. The lowest BCUT2D eigenvalue weighted by Gasteiger charge is -2.12. The van der Waals surface area contributed by atoms with Crippen LogP contribution in [0, 0.1) is 0 Å². The number of rotatable bonds is 3. The van der Waals surface area contributed by atoms with Crippen molar-refractivity contribution >= 4 is 59.1 Å². The largest absolute Gasteiger partial charge is 0.452 e. The first-order valence-electron chi connectivity index (χ1n) is 4.49. The van der Waals surface area contributed by atoms with E-state index in [1.165, 1.54) is 5.56 Å². The Morgan fingerprint density at radius 3 is 2.50 bits per heavy atom. The summed E-state index contributed by atoms with van der Waals surface area (Å²) in [5.74, 6) is 0.889. The van der Waals surface area contributed by atoms with E-state index in [0.29, 0.717) is 0 Å². The van der Waals surface area contributed by atoms with E-state index in [0.717, 1.165) is 18.0 Å². The molecule has 2 aromatic rings. The summed E-state index contributed by atoms with van der Waals surface area (Å²) in [5.41, 5.74) is 1.17. The van der Waals surface area contributed by atoms with Crippen LogP contribution in [0.1, 0.15) is 17.4 Å². The van der Waals surface area contributed by atoms with Crippen molar-refractivity contribution < 1.29 is 4.42 Å². The molecule has 0 aliphatic rings. The molecule has 0 aliphatic heterocycles. The Balaban J connectivity index is 2.40. The van der Waals surface area contributed by atoms with Gasteiger partial charge in [0.2, 0.25) is 0 Å². The minimum absolute atomic E-state index is 0.0585. The van der Waals surface area contributed by atoms with Crippen LogP contribution in [-0.2, 0) is 0 Å². The highest BCUT2D eigenvalue weighted by molar-refractivity contribution is 9.12. The topological polar surface area (TPSA) is 25.2 Å². The van der Waals surface area contributed by atoms with E-state index in [9.17, 15) is 0 Å². The first kappa shape index (κ1) is 12.8. The predicted octanol–water partition coefficient (Wildman–Crippen LogP) is 4.94. The van der Waals surface area contributed by atoms with Gasteiger partial charge in [-0.25, -0.2) is 0 Å². The van der Waals surface area contributed by atoms with Crippen LogP contribution in [0.15, 0.2) is 34.9 Å². The van der Waals surface area contributed by atoms with Crippen molar-refractivity contribution in [2.24, 2.45) is 0 Å². The quantitative estimate of drug-likeness (QED) is 0.747. The van der Waals surface area contributed by atoms with E-state index in [2.05, 4.69) is 59.2 Å². The van der Waals surface area contributed by atoms with Gasteiger partial charge >= 0.3 is 0 Å². The molecule has 2 aromatic heterocycles. The number of hydrogen-bond acceptors (Lipinski definition) is 3. The maximum atomic E-state index is 5.58. The van der Waals surface area contributed by atoms with Crippen LogP contribution < -0.4 is 5.32 Å². The van der Waals surface area contributed by atoms with Gasteiger partial charge in [-0.2, -0.15) is 0 Å². The minimum Gasteiger partial charge on any atom is -0.452 e. The first-order valence-corrected chi connectivity index (χ1v) is 7.68. The third-order valence-electron chi connectivity index (χ3n) is 2.16. The Morgan fingerprint density at radius 2 is 2.06 bits per heavy atom. The molecule has 0 fully saturated rings. The molecule has 2 nitrogen and oxygen atoms in total. The molecule has 16 heavy (non-hydrogen) atoms. The van der Waals surface area contributed by atoms with Crippen molar-refractivity contribution in [1.82, 2.24) is 5.32 Å². The lowest BCUT2D eigenvalue weighted by Crippen LogP contribution is -2.16. The summed E-state index contributed by atoms with van der Waals surface area (Å²) in [6.45, 7) is 0. The average Bonchev–Trinajstić information content (AvgIpc) is 2.76. The van der Waals surface area contributed by atoms with Gasteiger partial charge < -0.3 is 9.73 Å². The van der Waals surface area contributed by atoms with Gasteiger partial charge in [0, 0.05) is 5.56 Å². The molecule has 0 radical (unpaired) electrons. The molecule has 1 N–H and O–H groups in total. The predicted molar refractivity (Wildman–Crippen MR) is 77.0 cm³/mol. The average molecular weight is 430 g/mol. The van der Waals surface area contributed by atoms with Gasteiger partial charge in [-0.1, -0.05) is 0 Å². The van der Waals surface area contributed by atoms with Crippen molar-refractivity contribution in [1.29, 1.82) is 0 Å². The lowest BCUT2D eigenvalue weighted by atomic mass is 10.1. The van der Waals surface area contributed by atoms with E-state index >= 15 is 0 Å². The summed E-state index contributed by atoms with van der Waals surface area (Å²) in [7, 11) is 1.92. The summed E-state index contributed by atoms with van der Waals surface area (Å²) in [5, 5.41) is 3.24. The Labute approximate surface area is 123 Å².